The number of alkyl halides is 3. The molecule has 0 bridgehead atoms. The van der Waals surface area contributed by atoms with Crippen LogP contribution >= 0.6 is 0 Å². The lowest BCUT2D eigenvalue weighted by Gasteiger charge is -2.34. The first kappa shape index (κ1) is 16.3. The summed E-state index contributed by atoms with van der Waals surface area (Å²) in [5.74, 6) is 1.03. The summed E-state index contributed by atoms with van der Waals surface area (Å²) in [4.78, 5) is 2.00. The van der Waals surface area contributed by atoms with Gasteiger partial charge in [-0.25, -0.2) is 0 Å². The zero-order valence-electron chi connectivity index (χ0n) is 13.1. The molecule has 0 aliphatic carbocycles. The first-order valence-electron chi connectivity index (χ1n) is 7.60. The van der Waals surface area contributed by atoms with Crippen molar-refractivity contribution in [1.29, 1.82) is 5.26 Å². The van der Waals surface area contributed by atoms with Crippen molar-refractivity contribution in [1.82, 2.24) is 14.8 Å². The van der Waals surface area contributed by atoms with Crippen LogP contribution in [0, 0.1) is 11.3 Å². The van der Waals surface area contributed by atoms with Crippen LogP contribution in [0.2, 0.25) is 0 Å². The van der Waals surface area contributed by atoms with Crippen LogP contribution in [0.5, 0.6) is 0 Å². The van der Waals surface area contributed by atoms with E-state index in [0.717, 1.165) is 31.3 Å². The minimum atomic E-state index is -4.52. The molecule has 2 aromatic rings. The largest absolute Gasteiger partial charge is 0.417 e. The highest BCUT2D eigenvalue weighted by molar-refractivity contribution is 5.55. The van der Waals surface area contributed by atoms with Crippen molar-refractivity contribution in [2.75, 3.05) is 18.0 Å². The van der Waals surface area contributed by atoms with Gasteiger partial charge in [0.25, 0.3) is 0 Å². The highest BCUT2D eigenvalue weighted by Crippen LogP contribution is 2.35. The Morgan fingerprint density at radius 3 is 2.75 bits per heavy atom. The smallest absolute Gasteiger partial charge is 0.371 e. The quantitative estimate of drug-likeness (QED) is 0.846. The van der Waals surface area contributed by atoms with Crippen molar-refractivity contribution in [2.24, 2.45) is 7.05 Å². The minimum absolute atomic E-state index is 0.166. The van der Waals surface area contributed by atoms with Crippen molar-refractivity contribution >= 4 is 5.69 Å². The monoisotopic (exact) mass is 335 g/mol. The van der Waals surface area contributed by atoms with Gasteiger partial charge in [-0.15, -0.1) is 10.2 Å². The molecule has 8 heteroatoms. The van der Waals surface area contributed by atoms with Crippen LogP contribution in [0.15, 0.2) is 24.5 Å². The molecule has 3 rings (SSSR count). The first-order valence-corrected chi connectivity index (χ1v) is 7.60. The second-order valence-corrected chi connectivity index (χ2v) is 5.92. The predicted molar refractivity (Wildman–Crippen MR) is 81.4 cm³/mol. The Balaban J connectivity index is 1.86. The lowest BCUT2D eigenvalue weighted by molar-refractivity contribution is -0.137. The number of piperidine rings is 1. The molecule has 24 heavy (non-hydrogen) atoms. The first-order chi connectivity index (χ1) is 11.4. The number of nitrogens with zero attached hydrogens (tertiary/aromatic N) is 5. The van der Waals surface area contributed by atoms with Crippen LogP contribution < -0.4 is 4.90 Å². The highest BCUT2D eigenvalue weighted by atomic mass is 19.4. The van der Waals surface area contributed by atoms with Crippen LogP contribution in [0.1, 0.15) is 35.7 Å². The van der Waals surface area contributed by atoms with E-state index < -0.39 is 11.7 Å². The van der Waals surface area contributed by atoms with Crippen molar-refractivity contribution in [3.63, 3.8) is 0 Å². The summed E-state index contributed by atoms with van der Waals surface area (Å²) >= 11 is 0. The van der Waals surface area contributed by atoms with Gasteiger partial charge < -0.3 is 9.47 Å². The number of nitriles is 1. The van der Waals surface area contributed by atoms with Gasteiger partial charge in [0.2, 0.25) is 0 Å². The van der Waals surface area contributed by atoms with Gasteiger partial charge >= 0.3 is 6.18 Å². The van der Waals surface area contributed by atoms with Crippen molar-refractivity contribution in [2.45, 2.75) is 24.9 Å². The standard InChI is InChI=1S/C16H16F3N5/c1-23-10-21-22-15(23)11-3-2-6-24(9-11)13-4-5-14(16(17,18)19)12(7-13)8-20/h4-5,7,10-11H,2-3,6,9H2,1H3/t11-/m0/s1. The fourth-order valence-corrected chi connectivity index (χ4v) is 3.15. The fourth-order valence-electron chi connectivity index (χ4n) is 3.15. The maximum Gasteiger partial charge on any atom is 0.417 e. The number of hydrogen-bond donors (Lipinski definition) is 0. The Hall–Kier alpha value is -2.56. The van der Waals surface area contributed by atoms with Gasteiger partial charge in [-0.05, 0) is 31.0 Å². The number of hydrogen-bond acceptors (Lipinski definition) is 4. The summed E-state index contributed by atoms with van der Waals surface area (Å²) in [7, 11) is 1.88. The molecule has 0 amide bonds. The maximum absolute atomic E-state index is 12.9. The van der Waals surface area contributed by atoms with Crippen molar-refractivity contribution in [3.05, 3.63) is 41.5 Å². The molecular weight excluding hydrogens is 319 g/mol. The summed E-state index contributed by atoms with van der Waals surface area (Å²) in [6.07, 6.45) is -1.03. The molecule has 2 heterocycles. The maximum atomic E-state index is 12.9. The van der Waals surface area contributed by atoms with Gasteiger partial charge in [0.1, 0.15) is 12.2 Å². The Bertz CT molecular complexity index is 775. The molecule has 0 unspecified atom stereocenters. The molecule has 0 spiro atoms. The normalized spacial score (nSPS) is 18.5. The van der Waals surface area contributed by atoms with Crippen LogP contribution in [-0.2, 0) is 13.2 Å². The molecule has 0 saturated carbocycles. The second kappa shape index (κ2) is 6.15. The molecule has 1 aliphatic heterocycles. The molecule has 1 aromatic heterocycles. The zero-order valence-corrected chi connectivity index (χ0v) is 13.1. The van der Waals surface area contributed by atoms with Crippen LogP contribution in [0.4, 0.5) is 18.9 Å². The van der Waals surface area contributed by atoms with E-state index in [1.54, 1.807) is 12.4 Å². The van der Waals surface area contributed by atoms with Gasteiger partial charge in [-0.3, -0.25) is 0 Å². The highest BCUT2D eigenvalue weighted by Gasteiger charge is 2.34. The van der Waals surface area contributed by atoms with E-state index in [1.807, 2.05) is 16.5 Å². The summed E-state index contributed by atoms with van der Waals surface area (Å²) < 4.78 is 40.6. The molecule has 1 aliphatic rings. The van der Waals surface area contributed by atoms with Crippen LogP contribution in [0.3, 0.4) is 0 Å². The predicted octanol–water partition coefficient (Wildman–Crippen LogP) is 3.09. The van der Waals surface area contributed by atoms with E-state index >= 15 is 0 Å². The van der Waals surface area contributed by atoms with E-state index in [4.69, 9.17) is 5.26 Å². The number of aromatic nitrogens is 3. The lowest BCUT2D eigenvalue weighted by atomic mass is 9.96. The SMILES string of the molecule is Cn1cnnc1[C@H]1CCCN(c2ccc(C(F)(F)F)c(C#N)c2)C1. The molecule has 5 nitrogen and oxygen atoms in total. The number of halogens is 3. The summed E-state index contributed by atoms with van der Waals surface area (Å²) in [5.41, 5.74) is -0.609. The van der Waals surface area contributed by atoms with E-state index in [9.17, 15) is 13.2 Å². The minimum Gasteiger partial charge on any atom is -0.371 e. The Morgan fingerprint density at radius 1 is 1.33 bits per heavy atom. The fraction of sp³-hybridized carbons (Fsp3) is 0.438. The molecule has 0 N–H and O–H groups in total. The van der Waals surface area contributed by atoms with Crippen LogP contribution in [0.25, 0.3) is 0 Å². The average molecular weight is 335 g/mol. The van der Waals surface area contributed by atoms with Gasteiger partial charge in [0.15, 0.2) is 0 Å². The molecule has 126 valence electrons. The number of benzene rings is 1. The Labute approximate surface area is 137 Å². The summed E-state index contributed by atoms with van der Waals surface area (Å²) in [5, 5.41) is 17.1. The molecule has 1 fully saturated rings. The van der Waals surface area contributed by atoms with E-state index in [2.05, 4.69) is 10.2 Å². The third-order valence-corrected chi connectivity index (χ3v) is 4.33. The van der Waals surface area contributed by atoms with Crippen molar-refractivity contribution < 1.29 is 13.2 Å². The molecule has 1 atom stereocenters. The molecular formula is C16H16F3N5. The van der Waals surface area contributed by atoms with Gasteiger partial charge in [-0.1, -0.05) is 0 Å². The molecule has 1 aromatic carbocycles. The van der Waals surface area contributed by atoms with Gasteiger partial charge in [0, 0.05) is 31.7 Å². The summed E-state index contributed by atoms with van der Waals surface area (Å²) in [6.45, 7) is 1.38. The average Bonchev–Trinajstić information content (AvgIpc) is 2.99. The third kappa shape index (κ3) is 3.07. The number of rotatable bonds is 2. The van der Waals surface area contributed by atoms with E-state index in [1.165, 1.54) is 12.1 Å². The zero-order chi connectivity index (χ0) is 17.3. The second-order valence-electron chi connectivity index (χ2n) is 5.92. The van der Waals surface area contributed by atoms with E-state index in [0.29, 0.717) is 12.2 Å². The van der Waals surface area contributed by atoms with Gasteiger partial charge in [-0.2, -0.15) is 18.4 Å². The molecule has 0 radical (unpaired) electrons. The Morgan fingerprint density at radius 2 is 2.12 bits per heavy atom. The van der Waals surface area contributed by atoms with Gasteiger partial charge in [0.05, 0.1) is 17.2 Å². The lowest BCUT2D eigenvalue weighted by Crippen LogP contribution is -2.35. The van der Waals surface area contributed by atoms with E-state index in [-0.39, 0.29) is 11.5 Å². The number of anilines is 1. The molecule has 1 saturated heterocycles. The number of aryl methyl sites for hydroxylation is 1. The topological polar surface area (TPSA) is 57.7 Å². The Kier molecular flexibility index (Phi) is 4.18. The third-order valence-electron chi connectivity index (χ3n) is 4.33. The summed E-state index contributed by atoms with van der Waals surface area (Å²) in [6, 6.07) is 5.40. The van der Waals surface area contributed by atoms with Crippen LogP contribution in [-0.4, -0.2) is 27.9 Å². The van der Waals surface area contributed by atoms with Crippen molar-refractivity contribution in [3.8, 4) is 6.07 Å².